The van der Waals surface area contributed by atoms with Gasteiger partial charge in [-0.2, -0.15) is 11.8 Å². The van der Waals surface area contributed by atoms with Crippen molar-refractivity contribution in [3.63, 3.8) is 0 Å². The van der Waals surface area contributed by atoms with Crippen LogP contribution >= 0.6 is 11.8 Å². The molecule has 0 saturated carbocycles. The smallest absolute Gasteiger partial charge is 0.122 e. The third kappa shape index (κ3) is 2.24. The number of thioether (sulfide) groups is 1. The molecule has 2 N–H and O–H groups in total. The number of nitrogens with two attached hydrogens (primary N) is 1. The van der Waals surface area contributed by atoms with Crippen LogP contribution in [-0.4, -0.2) is 21.6 Å². The van der Waals surface area contributed by atoms with Gasteiger partial charge in [0.15, 0.2) is 0 Å². The van der Waals surface area contributed by atoms with Gasteiger partial charge in [-0.05, 0) is 6.26 Å². The van der Waals surface area contributed by atoms with E-state index >= 15 is 0 Å². The second-order valence-corrected chi connectivity index (χ2v) is 3.22. The highest BCUT2D eigenvalue weighted by Gasteiger charge is 1.97. The topological polar surface area (TPSA) is 43.8 Å². The Hall–Kier alpha value is -0.480. The molecule has 4 heteroatoms. The number of aryl methyl sites for hydroxylation is 1. The number of aromatic nitrogens is 2. The van der Waals surface area contributed by atoms with Crippen molar-refractivity contribution in [3.05, 3.63) is 18.2 Å². The van der Waals surface area contributed by atoms with Crippen molar-refractivity contribution in [3.8, 4) is 0 Å². The first-order valence-corrected chi connectivity index (χ1v) is 4.97. The first-order chi connectivity index (χ1) is 5.38. The fraction of sp³-hybridized carbons (Fsp3) is 0.571. The summed E-state index contributed by atoms with van der Waals surface area (Å²) in [4.78, 5) is 4.12. The van der Waals surface area contributed by atoms with Gasteiger partial charge >= 0.3 is 0 Å². The normalized spacial score (nSPS) is 10.4. The van der Waals surface area contributed by atoms with Crippen LogP contribution in [0.4, 0.5) is 0 Å². The summed E-state index contributed by atoms with van der Waals surface area (Å²) in [6, 6.07) is 0. The van der Waals surface area contributed by atoms with Crippen LogP contribution in [0.1, 0.15) is 5.82 Å². The van der Waals surface area contributed by atoms with E-state index in [1.165, 1.54) is 0 Å². The van der Waals surface area contributed by atoms with Gasteiger partial charge in [0.1, 0.15) is 5.82 Å². The van der Waals surface area contributed by atoms with Gasteiger partial charge in [0.2, 0.25) is 0 Å². The van der Waals surface area contributed by atoms with Crippen molar-refractivity contribution < 1.29 is 0 Å². The van der Waals surface area contributed by atoms with E-state index in [0.717, 1.165) is 18.1 Å². The number of hydrogen-bond acceptors (Lipinski definition) is 3. The molecule has 1 aromatic rings. The van der Waals surface area contributed by atoms with E-state index < -0.39 is 0 Å². The summed E-state index contributed by atoms with van der Waals surface area (Å²) in [6.07, 6.45) is 5.86. The number of rotatable bonds is 4. The summed E-state index contributed by atoms with van der Waals surface area (Å²) < 4.78 is 2.09. The van der Waals surface area contributed by atoms with Gasteiger partial charge in [0.25, 0.3) is 0 Å². The molecule has 0 fully saturated rings. The van der Waals surface area contributed by atoms with Gasteiger partial charge in [-0.3, -0.25) is 0 Å². The molecular weight excluding hydrogens is 158 g/mol. The van der Waals surface area contributed by atoms with Crippen molar-refractivity contribution in [2.24, 2.45) is 5.73 Å². The van der Waals surface area contributed by atoms with Crippen LogP contribution in [0.2, 0.25) is 0 Å². The molecule has 0 spiro atoms. The van der Waals surface area contributed by atoms with E-state index in [4.69, 9.17) is 5.73 Å². The fourth-order valence-electron chi connectivity index (χ4n) is 0.923. The predicted molar refractivity (Wildman–Crippen MR) is 48.5 cm³/mol. The average molecular weight is 171 g/mol. The maximum absolute atomic E-state index is 5.48. The lowest BCUT2D eigenvalue weighted by molar-refractivity contribution is 0.705. The minimum absolute atomic E-state index is 0.529. The Morgan fingerprint density at radius 2 is 2.55 bits per heavy atom. The molecule has 1 heterocycles. The Labute approximate surface area is 71.0 Å². The lowest BCUT2D eigenvalue weighted by Crippen LogP contribution is -2.09. The van der Waals surface area contributed by atoms with Gasteiger partial charge in [-0.25, -0.2) is 4.98 Å². The van der Waals surface area contributed by atoms with Gasteiger partial charge in [-0.1, -0.05) is 0 Å². The molecule has 0 bridgehead atoms. The lowest BCUT2D eigenvalue weighted by atomic mass is 10.6. The molecule has 0 aliphatic heterocycles. The van der Waals surface area contributed by atoms with E-state index in [-0.39, 0.29) is 0 Å². The molecule has 0 saturated heterocycles. The van der Waals surface area contributed by atoms with Crippen LogP contribution in [0.5, 0.6) is 0 Å². The van der Waals surface area contributed by atoms with Crippen molar-refractivity contribution in [1.82, 2.24) is 9.55 Å². The lowest BCUT2D eigenvalue weighted by Gasteiger charge is -2.03. The second kappa shape index (κ2) is 4.41. The molecule has 0 aromatic carbocycles. The molecular formula is C7H13N3S. The minimum atomic E-state index is 0.529. The van der Waals surface area contributed by atoms with Crippen molar-refractivity contribution in [2.75, 3.05) is 12.0 Å². The van der Waals surface area contributed by atoms with E-state index in [1.54, 1.807) is 6.20 Å². The van der Waals surface area contributed by atoms with Crippen LogP contribution < -0.4 is 5.73 Å². The number of hydrogen-bond donors (Lipinski definition) is 1. The SMILES string of the molecule is CSCCn1ccnc1CN. The van der Waals surface area contributed by atoms with Gasteiger partial charge in [-0.15, -0.1) is 0 Å². The standard InChI is InChI=1S/C7H13N3S/c1-11-5-4-10-3-2-9-7(10)6-8/h2-3H,4-6,8H2,1H3. The van der Waals surface area contributed by atoms with Crippen LogP contribution in [0.3, 0.4) is 0 Å². The van der Waals surface area contributed by atoms with Gasteiger partial charge in [0.05, 0.1) is 6.54 Å². The van der Waals surface area contributed by atoms with Gasteiger partial charge < -0.3 is 10.3 Å². The summed E-state index contributed by atoms with van der Waals surface area (Å²) in [5.74, 6) is 2.09. The van der Waals surface area contributed by atoms with Crippen LogP contribution in [0.25, 0.3) is 0 Å². The van der Waals surface area contributed by atoms with Crippen LogP contribution in [0.15, 0.2) is 12.4 Å². The summed E-state index contributed by atoms with van der Waals surface area (Å²) in [7, 11) is 0. The first kappa shape index (κ1) is 8.62. The Balaban J connectivity index is 2.54. The Morgan fingerprint density at radius 1 is 1.73 bits per heavy atom. The summed E-state index contributed by atoms with van der Waals surface area (Å²) >= 11 is 1.83. The quantitative estimate of drug-likeness (QED) is 0.725. The molecule has 3 nitrogen and oxygen atoms in total. The predicted octanol–water partition coefficient (Wildman–Crippen LogP) is 0.705. The zero-order chi connectivity index (χ0) is 8.10. The number of nitrogens with zero attached hydrogens (tertiary/aromatic N) is 2. The highest BCUT2D eigenvalue weighted by molar-refractivity contribution is 7.98. The molecule has 0 aliphatic carbocycles. The highest BCUT2D eigenvalue weighted by Crippen LogP contribution is 1.99. The van der Waals surface area contributed by atoms with Crippen LogP contribution in [0, 0.1) is 0 Å². The molecule has 1 rings (SSSR count). The van der Waals surface area contributed by atoms with E-state index in [2.05, 4.69) is 15.8 Å². The van der Waals surface area contributed by atoms with Gasteiger partial charge in [0, 0.05) is 24.7 Å². The molecule has 62 valence electrons. The molecule has 11 heavy (non-hydrogen) atoms. The number of imidazole rings is 1. The average Bonchev–Trinajstić information content (AvgIpc) is 2.47. The summed E-state index contributed by atoms with van der Waals surface area (Å²) in [5, 5.41) is 0. The first-order valence-electron chi connectivity index (χ1n) is 3.57. The van der Waals surface area contributed by atoms with Crippen molar-refractivity contribution in [1.29, 1.82) is 0 Å². The minimum Gasteiger partial charge on any atom is -0.333 e. The zero-order valence-corrected chi connectivity index (χ0v) is 7.47. The molecule has 0 amide bonds. The Kier molecular flexibility index (Phi) is 3.45. The maximum atomic E-state index is 5.48. The van der Waals surface area contributed by atoms with E-state index in [1.807, 2.05) is 18.0 Å². The maximum Gasteiger partial charge on any atom is 0.122 e. The van der Waals surface area contributed by atoms with E-state index in [0.29, 0.717) is 6.54 Å². The monoisotopic (exact) mass is 171 g/mol. The highest BCUT2D eigenvalue weighted by atomic mass is 32.2. The zero-order valence-electron chi connectivity index (χ0n) is 6.66. The van der Waals surface area contributed by atoms with E-state index in [9.17, 15) is 0 Å². The second-order valence-electron chi connectivity index (χ2n) is 2.23. The third-order valence-corrected chi connectivity index (χ3v) is 2.11. The molecule has 0 atom stereocenters. The van der Waals surface area contributed by atoms with Crippen molar-refractivity contribution >= 4 is 11.8 Å². The molecule has 0 unspecified atom stereocenters. The largest absolute Gasteiger partial charge is 0.333 e. The Morgan fingerprint density at radius 3 is 3.18 bits per heavy atom. The third-order valence-electron chi connectivity index (χ3n) is 1.52. The summed E-state index contributed by atoms with van der Waals surface area (Å²) in [5.41, 5.74) is 5.48. The summed E-state index contributed by atoms with van der Waals surface area (Å²) in [6.45, 7) is 1.54. The molecule has 0 aliphatic rings. The Bertz CT molecular complexity index is 209. The fourth-order valence-corrected chi connectivity index (χ4v) is 1.30. The molecule has 0 radical (unpaired) electrons. The van der Waals surface area contributed by atoms with Crippen LogP contribution in [-0.2, 0) is 13.1 Å². The molecule has 1 aromatic heterocycles. The van der Waals surface area contributed by atoms with Crippen molar-refractivity contribution in [2.45, 2.75) is 13.1 Å².